The first kappa shape index (κ1) is 10.0. The highest BCUT2D eigenvalue weighted by atomic mass is 32.1. The van der Waals surface area contributed by atoms with Gasteiger partial charge in [-0.3, -0.25) is 4.57 Å². The van der Waals surface area contributed by atoms with Crippen LogP contribution in [-0.4, -0.2) is 14.5 Å². The topological polar surface area (TPSA) is 33.6 Å². The van der Waals surface area contributed by atoms with Crippen LogP contribution in [0.2, 0.25) is 0 Å². The number of aromatic amines is 1. The van der Waals surface area contributed by atoms with Gasteiger partial charge >= 0.3 is 0 Å². The number of H-pyrrole nitrogens is 1. The van der Waals surface area contributed by atoms with Gasteiger partial charge in [-0.15, -0.1) is 0 Å². The smallest absolute Gasteiger partial charge is 0.179 e. The van der Waals surface area contributed by atoms with Crippen LogP contribution in [0.4, 0.5) is 0 Å². The van der Waals surface area contributed by atoms with E-state index in [1.165, 1.54) is 19.3 Å². The molecule has 16 heavy (non-hydrogen) atoms. The molecule has 84 valence electrons. The van der Waals surface area contributed by atoms with E-state index in [1.807, 2.05) is 18.3 Å². The van der Waals surface area contributed by atoms with Gasteiger partial charge in [0.15, 0.2) is 10.4 Å². The minimum Gasteiger partial charge on any atom is -0.329 e. The zero-order valence-electron chi connectivity index (χ0n) is 9.31. The number of pyridine rings is 1. The van der Waals surface area contributed by atoms with Crippen molar-refractivity contribution in [3.8, 4) is 0 Å². The van der Waals surface area contributed by atoms with Crippen molar-refractivity contribution in [3.05, 3.63) is 23.1 Å². The predicted octanol–water partition coefficient (Wildman–Crippen LogP) is 3.45. The maximum Gasteiger partial charge on any atom is 0.179 e. The third-order valence-corrected chi connectivity index (χ3v) is 3.92. The Labute approximate surface area is 99.5 Å². The Hall–Kier alpha value is -1.16. The van der Waals surface area contributed by atoms with Gasteiger partial charge < -0.3 is 4.98 Å². The van der Waals surface area contributed by atoms with Crippen LogP contribution in [0, 0.1) is 10.7 Å². The van der Waals surface area contributed by atoms with Gasteiger partial charge in [-0.05, 0) is 43.1 Å². The monoisotopic (exact) mass is 233 g/mol. The fraction of sp³-hybridized carbons (Fsp3) is 0.500. The van der Waals surface area contributed by atoms with Gasteiger partial charge in [-0.1, -0.05) is 13.3 Å². The number of aromatic nitrogens is 3. The lowest BCUT2D eigenvalue weighted by molar-refractivity contribution is 0.411. The molecule has 2 aromatic heterocycles. The molecule has 0 spiro atoms. The molecular weight excluding hydrogens is 218 g/mol. The van der Waals surface area contributed by atoms with E-state index in [0.717, 1.165) is 15.9 Å². The average Bonchev–Trinajstić information content (AvgIpc) is 2.81. The number of hydrogen-bond donors (Lipinski definition) is 1. The molecule has 0 radical (unpaired) electrons. The summed E-state index contributed by atoms with van der Waals surface area (Å²) in [6.45, 7) is 2.31. The van der Waals surface area contributed by atoms with Gasteiger partial charge in [0, 0.05) is 12.2 Å². The summed E-state index contributed by atoms with van der Waals surface area (Å²) in [5, 5.41) is 0. The van der Waals surface area contributed by atoms with Crippen molar-refractivity contribution >= 4 is 23.4 Å². The van der Waals surface area contributed by atoms with Crippen LogP contribution < -0.4 is 0 Å². The van der Waals surface area contributed by atoms with Gasteiger partial charge in [0.2, 0.25) is 0 Å². The second kappa shape index (κ2) is 3.70. The molecule has 1 fully saturated rings. The molecule has 0 bridgehead atoms. The van der Waals surface area contributed by atoms with Gasteiger partial charge in [-0.2, -0.15) is 0 Å². The van der Waals surface area contributed by atoms with Crippen molar-refractivity contribution < 1.29 is 0 Å². The molecule has 3 rings (SSSR count). The highest BCUT2D eigenvalue weighted by Gasteiger charge is 2.27. The second-order valence-electron chi connectivity index (χ2n) is 4.65. The summed E-state index contributed by atoms with van der Waals surface area (Å²) in [6, 6.07) is 4.50. The highest BCUT2D eigenvalue weighted by Crippen LogP contribution is 2.36. The molecule has 4 heteroatoms. The SMILES string of the molecule is CC1CCCC1n1c(=S)[nH]c2cccnc21. The number of fused-ring (bicyclic) bond motifs is 1. The fourth-order valence-corrected chi connectivity index (χ4v) is 3.11. The summed E-state index contributed by atoms with van der Waals surface area (Å²) in [5.74, 6) is 0.702. The first-order valence-corrected chi connectivity index (χ1v) is 6.23. The van der Waals surface area contributed by atoms with E-state index in [2.05, 4.69) is 21.5 Å². The van der Waals surface area contributed by atoms with E-state index in [9.17, 15) is 0 Å². The van der Waals surface area contributed by atoms with Crippen LogP contribution in [0.1, 0.15) is 32.2 Å². The Morgan fingerprint density at radius 3 is 3.12 bits per heavy atom. The third-order valence-electron chi connectivity index (χ3n) is 3.62. The lowest BCUT2D eigenvalue weighted by Crippen LogP contribution is -2.12. The minimum atomic E-state index is 0.524. The molecule has 0 amide bonds. The van der Waals surface area contributed by atoms with E-state index in [-0.39, 0.29) is 0 Å². The van der Waals surface area contributed by atoms with Crippen LogP contribution in [0.25, 0.3) is 11.2 Å². The molecule has 0 saturated heterocycles. The van der Waals surface area contributed by atoms with E-state index >= 15 is 0 Å². The Morgan fingerprint density at radius 2 is 2.38 bits per heavy atom. The quantitative estimate of drug-likeness (QED) is 0.765. The molecule has 0 aliphatic heterocycles. The van der Waals surface area contributed by atoms with Crippen molar-refractivity contribution in [1.82, 2.24) is 14.5 Å². The van der Waals surface area contributed by atoms with Gasteiger partial charge in [0.25, 0.3) is 0 Å². The van der Waals surface area contributed by atoms with Crippen molar-refractivity contribution in [2.45, 2.75) is 32.2 Å². The first-order chi connectivity index (χ1) is 7.77. The van der Waals surface area contributed by atoms with E-state index < -0.39 is 0 Å². The average molecular weight is 233 g/mol. The number of rotatable bonds is 1. The van der Waals surface area contributed by atoms with Gasteiger partial charge in [-0.25, -0.2) is 4.98 Å². The van der Waals surface area contributed by atoms with E-state index in [4.69, 9.17) is 12.2 Å². The maximum atomic E-state index is 5.41. The van der Waals surface area contributed by atoms with Crippen molar-refractivity contribution in [2.75, 3.05) is 0 Å². The van der Waals surface area contributed by atoms with Gasteiger partial charge in [0.1, 0.15) is 0 Å². The molecule has 2 unspecified atom stereocenters. The maximum absolute atomic E-state index is 5.41. The van der Waals surface area contributed by atoms with Gasteiger partial charge in [0.05, 0.1) is 5.52 Å². The van der Waals surface area contributed by atoms with Crippen molar-refractivity contribution in [2.24, 2.45) is 5.92 Å². The predicted molar refractivity (Wildman–Crippen MR) is 67.0 cm³/mol. The Bertz CT molecular complexity index is 569. The summed E-state index contributed by atoms with van der Waals surface area (Å²) in [4.78, 5) is 7.69. The third kappa shape index (κ3) is 1.40. The molecule has 3 nitrogen and oxygen atoms in total. The molecule has 1 N–H and O–H groups in total. The lowest BCUT2D eigenvalue weighted by atomic mass is 10.1. The summed E-state index contributed by atoms with van der Waals surface area (Å²) >= 11 is 5.41. The summed E-state index contributed by atoms with van der Waals surface area (Å²) in [5.41, 5.74) is 2.05. The summed E-state index contributed by atoms with van der Waals surface area (Å²) in [6.07, 6.45) is 5.65. The fourth-order valence-electron chi connectivity index (χ4n) is 2.78. The molecule has 1 aliphatic rings. The van der Waals surface area contributed by atoms with E-state index in [0.29, 0.717) is 12.0 Å². The molecule has 2 atom stereocenters. The molecule has 2 aromatic rings. The zero-order chi connectivity index (χ0) is 11.1. The normalized spacial score (nSPS) is 25.3. The Morgan fingerprint density at radius 1 is 1.50 bits per heavy atom. The molecule has 0 aromatic carbocycles. The molecule has 1 aliphatic carbocycles. The van der Waals surface area contributed by atoms with E-state index in [1.54, 1.807) is 0 Å². The number of nitrogens with one attached hydrogen (secondary N) is 1. The van der Waals surface area contributed by atoms with Crippen LogP contribution in [-0.2, 0) is 0 Å². The minimum absolute atomic E-state index is 0.524. The standard InChI is InChI=1S/C12H15N3S/c1-8-4-2-6-10(8)15-11-9(14-12(15)16)5-3-7-13-11/h3,5,7-8,10H,2,4,6H2,1H3,(H,14,16). The van der Waals surface area contributed by atoms with Crippen LogP contribution in [0.15, 0.2) is 18.3 Å². The number of imidazole rings is 1. The van der Waals surface area contributed by atoms with Crippen LogP contribution in [0.3, 0.4) is 0 Å². The second-order valence-corrected chi connectivity index (χ2v) is 5.04. The van der Waals surface area contributed by atoms with Crippen molar-refractivity contribution in [3.63, 3.8) is 0 Å². The highest BCUT2D eigenvalue weighted by molar-refractivity contribution is 7.71. The largest absolute Gasteiger partial charge is 0.329 e. The van der Waals surface area contributed by atoms with Crippen molar-refractivity contribution in [1.29, 1.82) is 0 Å². The van der Waals surface area contributed by atoms with Crippen LogP contribution in [0.5, 0.6) is 0 Å². The first-order valence-electron chi connectivity index (χ1n) is 5.82. The molecular formula is C12H15N3S. The molecule has 1 saturated carbocycles. The summed E-state index contributed by atoms with van der Waals surface area (Å²) < 4.78 is 3.02. The number of nitrogens with zero attached hydrogens (tertiary/aromatic N) is 2. The lowest BCUT2D eigenvalue weighted by Gasteiger charge is -2.17. The number of hydrogen-bond acceptors (Lipinski definition) is 2. The summed E-state index contributed by atoms with van der Waals surface area (Å²) in [7, 11) is 0. The molecule has 2 heterocycles. The Balaban J connectivity index is 2.22. The van der Waals surface area contributed by atoms with Crippen LogP contribution >= 0.6 is 12.2 Å². The zero-order valence-corrected chi connectivity index (χ0v) is 10.1. The Kier molecular flexibility index (Phi) is 2.32.